The fourth-order valence-electron chi connectivity index (χ4n) is 1.15. The third-order valence-corrected chi connectivity index (χ3v) is 1.98. The van der Waals surface area contributed by atoms with Crippen molar-refractivity contribution < 1.29 is 13.9 Å². The van der Waals surface area contributed by atoms with E-state index in [1.807, 2.05) is 0 Å². The Labute approximate surface area is 86.9 Å². The highest BCUT2D eigenvalue weighted by atomic mass is 19.2. The Kier molecular flexibility index (Phi) is 4.45. The van der Waals surface area contributed by atoms with Crippen LogP contribution in [0.1, 0.15) is 6.42 Å². The van der Waals surface area contributed by atoms with Crippen LogP contribution < -0.4 is 11.1 Å². The lowest BCUT2D eigenvalue weighted by Gasteiger charge is -1.91. The van der Waals surface area contributed by atoms with Crippen LogP contribution in [0.15, 0.2) is 18.2 Å². The molecule has 1 saturated heterocycles. The maximum atomic E-state index is 12.1. The number of nitrogens with one attached hydrogen (secondary N) is 1. The average molecular weight is 216 g/mol. The van der Waals surface area contributed by atoms with Crippen molar-refractivity contribution in [3.05, 3.63) is 29.8 Å². The Morgan fingerprint density at radius 1 is 1.33 bits per heavy atom. The summed E-state index contributed by atoms with van der Waals surface area (Å²) in [6, 6.07) is 3.23. The summed E-state index contributed by atoms with van der Waals surface area (Å²) in [5.41, 5.74) is 5.35. The molecule has 1 aromatic carbocycles. The van der Waals surface area contributed by atoms with Gasteiger partial charge in [0.05, 0.1) is 6.10 Å². The Bertz CT molecular complexity index is 314. The monoisotopic (exact) mass is 216 g/mol. The quantitative estimate of drug-likeness (QED) is 0.564. The van der Waals surface area contributed by atoms with Gasteiger partial charge in [0.1, 0.15) is 0 Å². The summed E-state index contributed by atoms with van der Waals surface area (Å²) in [6.07, 6.45) is 0.866. The number of rotatable bonds is 0. The second kappa shape index (κ2) is 5.63. The van der Waals surface area contributed by atoms with E-state index in [2.05, 4.69) is 5.32 Å². The molecule has 2 rings (SSSR count). The zero-order valence-corrected chi connectivity index (χ0v) is 8.21. The fourth-order valence-corrected chi connectivity index (χ4v) is 1.15. The molecule has 1 heterocycles. The molecule has 1 atom stereocenters. The van der Waals surface area contributed by atoms with E-state index in [4.69, 9.17) is 10.8 Å². The molecule has 0 aliphatic carbocycles. The van der Waals surface area contributed by atoms with Crippen LogP contribution in [0.2, 0.25) is 0 Å². The molecule has 84 valence electrons. The van der Waals surface area contributed by atoms with E-state index in [0.29, 0.717) is 0 Å². The minimum atomic E-state index is -0.907. The van der Waals surface area contributed by atoms with Gasteiger partial charge in [0, 0.05) is 12.2 Å². The number of benzene rings is 1. The average Bonchev–Trinajstić information content (AvgIpc) is 2.64. The van der Waals surface area contributed by atoms with E-state index in [0.717, 1.165) is 31.6 Å². The van der Waals surface area contributed by atoms with Gasteiger partial charge in [0.15, 0.2) is 11.6 Å². The Morgan fingerprint density at radius 2 is 2.07 bits per heavy atom. The predicted octanol–water partition coefficient (Wildman–Crippen LogP) is 0.888. The van der Waals surface area contributed by atoms with Crippen molar-refractivity contribution in [1.82, 2.24) is 5.32 Å². The molecule has 1 fully saturated rings. The predicted molar refractivity (Wildman–Crippen MR) is 54.3 cm³/mol. The summed E-state index contributed by atoms with van der Waals surface area (Å²) < 4.78 is 24.2. The van der Waals surface area contributed by atoms with E-state index < -0.39 is 11.6 Å². The van der Waals surface area contributed by atoms with Crippen LogP contribution in [-0.2, 0) is 0 Å². The van der Waals surface area contributed by atoms with Gasteiger partial charge in [-0.15, -0.1) is 0 Å². The minimum absolute atomic E-state index is 0.0648. The molecule has 3 nitrogen and oxygen atoms in total. The van der Waals surface area contributed by atoms with Crippen molar-refractivity contribution in [3.63, 3.8) is 0 Å². The normalized spacial score (nSPS) is 19.5. The summed E-state index contributed by atoms with van der Waals surface area (Å²) in [5.74, 6) is -1.78. The summed E-state index contributed by atoms with van der Waals surface area (Å²) in [5, 5.41) is 11.7. The van der Waals surface area contributed by atoms with Gasteiger partial charge in [-0.25, -0.2) is 8.78 Å². The van der Waals surface area contributed by atoms with Crippen molar-refractivity contribution in [2.24, 2.45) is 0 Å². The first-order valence-corrected chi connectivity index (χ1v) is 4.69. The van der Waals surface area contributed by atoms with Crippen LogP contribution in [0.5, 0.6) is 0 Å². The highest BCUT2D eigenvalue weighted by Crippen LogP contribution is 2.08. The molecule has 0 bridgehead atoms. The van der Waals surface area contributed by atoms with E-state index in [1.165, 1.54) is 6.07 Å². The van der Waals surface area contributed by atoms with Crippen LogP contribution in [0.25, 0.3) is 0 Å². The maximum Gasteiger partial charge on any atom is 0.160 e. The van der Waals surface area contributed by atoms with Crippen molar-refractivity contribution in [2.45, 2.75) is 12.5 Å². The molecule has 0 aromatic heterocycles. The second-order valence-electron chi connectivity index (χ2n) is 3.32. The summed E-state index contributed by atoms with van der Waals surface area (Å²) in [6.45, 7) is 1.78. The van der Waals surface area contributed by atoms with Gasteiger partial charge in [0.2, 0.25) is 0 Å². The molecule has 0 spiro atoms. The van der Waals surface area contributed by atoms with Crippen LogP contribution in [0, 0.1) is 11.6 Å². The highest BCUT2D eigenvalue weighted by Gasteiger charge is 2.08. The lowest BCUT2D eigenvalue weighted by molar-refractivity contribution is 0.196. The van der Waals surface area contributed by atoms with E-state index >= 15 is 0 Å². The first-order valence-electron chi connectivity index (χ1n) is 4.69. The van der Waals surface area contributed by atoms with Crippen molar-refractivity contribution in [3.8, 4) is 0 Å². The Balaban J connectivity index is 0.000000162. The SMILES string of the molecule is Nc1ccc(F)c(F)c1.OC1CCNC1. The van der Waals surface area contributed by atoms with E-state index in [-0.39, 0.29) is 11.8 Å². The molecule has 0 saturated carbocycles. The number of hydrogen-bond acceptors (Lipinski definition) is 3. The molecule has 0 amide bonds. The molecule has 1 unspecified atom stereocenters. The van der Waals surface area contributed by atoms with Crippen molar-refractivity contribution >= 4 is 5.69 Å². The number of β-amino-alcohol motifs (C(OH)–C–C–N with tert-alkyl or cyclic N) is 1. The van der Waals surface area contributed by atoms with Crippen LogP contribution >= 0.6 is 0 Å². The maximum absolute atomic E-state index is 12.1. The first-order chi connectivity index (χ1) is 7.09. The van der Waals surface area contributed by atoms with Gasteiger partial charge >= 0.3 is 0 Å². The molecule has 1 aliphatic rings. The number of nitrogens with two attached hydrogens (primary N) is 1. The van der Waals surface area contributed by atoms with Gasteiger partial charge in [-0.2, -0.15) is 0 Å². The topological polar surface area (TPSA) is 58.3 Å². The lowest BCUT2D eigenvalue weighted by Crippen LogP contribution is -2.11. The smallest absolute Gasteiger partial charge is 0.160 e. The number of aliphatic hydroxyl groups is 1. The largest absolute Gasteiger partial charge is 0.399 e. The van der Waals surface area contributed by atoms with E-state index in [1.54, 1.807) is 0 Å². The first kappa shape index (κ1) is 11.9. The third-order valence-electron chi connectivity index (χ3n) is 1.98. The summed E-state index contributed by atoms with van der Waals surface area (Å²) in [7, 11) is 0. The Morgan fingerprint density at radius 3 is 2.40 bits per heavy atom. The molecule has 0 radical (unpaired) electrons. The number of anilines is 1. The number of hydrogen-bond donors (Lipinski definition) is 3. The lowest BCUT2D eigenvalue weighted by atomic mass is 10.3. The van der Waals surface area contributed by atoms with Crippen molar-refractivity contribution in [2.75, 3.05) is 18.8 Å². The zero-order chi connectivity index (χ0) is 11.3. The highest BCUT2D eigenvalue weighted by molar-refractivity contribution is 5.37. The molecular weight excluding hydrogens is 202 g/mol. The molecule has 5 heteroatoms. The van der Waals surface area contributed by atoms with Crippen LogP contribution in [0.4, 0.5) is 14.5 Å². The van der Waals surface area contributed by atoms with Gasteiger partial charge in [-0.1, -0.05) is 0 Å². The van der Waals surface area contributed by atoms with Gasteiger partial charge in [0.25, 0.3) is 0 Å². The minimum Gasteiger partial charge on any atom is -0.399 e. The number of nitrogen functional groups attached to an aromatic ring is 1. The fraction of sp³-hybridized carbons (Fsp3) is 0.400. The third kappa shape index (κ3) is 4.22. The van der Waals surface area contributed by atoms with E-state index in [9.17, 15) is 8.78 Å². The molecular formula is C10H14F2N2O. The van der Waals surface area contributed by atoms with Gasteiger partial charge in [-0.3, -0.25) is 0 Å². The molecule has 1 aromatic rings. The standard InChI is InChI=1S/C6H5F2N.C4H9NO/c7-5-2-1-4(9)3-6(5)8;6-4-1-2-5-3-4/h1-3H,9H2;4-6H,1-3H2. The van der Waals surface area contributed by atoms with Crippen molar-refractivity contribution in [1.29, 1.82) is 0 Å². The van der Waals surface area contributed by atoms with Crippen LogP contribution in [-0.4, -0.2) is 24.3 Å². The Hall–Kier alpha value is -1.20. The molecule has 15 heavy (non-hydrogen) atoms. The van der Waals surface area contributed by atoms with Crippen LogP contribution in [0.3, 0.4) is 0 Å². The molecule has 4 N–H and O–H groups in total. The number of aliphatic hydroxyl groups excluding tert-OH is 1. The number of halogens is 2. The zero-order valence-electron chi connectivity index (χ0n) is 8.21. The second-order valence-corrected chi connectivity index (χ2v) is 3.32. The van der Waals surface area contributed by atoms with Gasteiger partial charge in [-0.05, 0) is 31.2 Å². The molecule has 1 aliphatic heterocycles. The summed E-state index contributed by atoms with van der Waals surface area (Å²) >= 11 is 0. The summed E-state index contributed by atoms with van der Waals surface area (Å²) in [4.78, 5) is 0. The van der Waals surface area contributed by atoms with Gasteiger partial charge < -0.3 is 16.2 Å².